The van der Waals surface area contributed by atoms with E-state index in [1.807, 2.05) is 13.0 Å². The van der Waals surface area contributed by atoms with Crippen LogP contribution in [0.4, 0.5) is 0 Å². The maximum absolute atomic E-state index is 13.3. The van der Waals surface area contributed by atoms with E-state index in [0.29, 0.717) is 34.2 Å². The number of hydrogen-bond acceptors (Lipinski definition) is 3. The van der Waals surface area contributed by atoms with Gasteiger partial charge in [-0.3, -0.25) is 9.59 Å². The predicted molar refractivity (Wildman–Crippen MR) is 126 cm³/mol. The molecule has 0 bridgehead atoms. The topological polar surface area (TPSA) is 83.5 Å². The third kappa shape index (κ3) is 4.72. The molecule has 2 saturated carbocycles. The van der Waals surface area contributed by atoms with Crippen molar-refractivity contribution in [3.8, 4) is 0 Å². The van der Waals surface area contributed by atoms with Gasteiger partial charge in [-0.05, 0) is 48.8 Å². The van der Waals surface area contributed by atoms with Crippen LogP contribution in [0.1, 0.15) is 107 Å². The molecule has 170 valence electrons. The van der Waals surface area contributed by atoms with E-state index in [-0.39, 0.29) is 23.3 Å². The minimum Gasteiger partial charge on any atom is -0.478 e. The van der Waals surface area contributed by atoms with Crippen molar-refractivity contribution >= 4 is 28.4 Å². The maximum atomic E-state index is 13.3. The minimum atomic E-state index is -1.08. The second-order valence-electron chi connectivity index (χ2n) is 9.59. The number of carboxylic acid groups (broad SMARTS) is 1. The summed E-state index contributed by atoms with van der Waals surface area (Å²) in [5.74, 6) is -0.918. The number of benzene rings is 2. The molecule has 5 nitrogen and oxygen atoms in total. The SMILES string of the molecule is Cc1ccc(C(=O)CC2CCCCC2)c2c(C(=O)O)ccc(C(=O)NC3CCCCC3)c12. The van der Waals surface area contributed by atoms with E-state index >= 15 is 0 Å². The zero-order valence-electron chi connectivity index (χ0n) is 18.9. The largest absolute Gasteiger partial charge is 0.478 e. The predicted octanol–water partition coefficient (Wildman–Crippen LogP) is 6.06. The number of rotatable bonds is 6. The molecule has 0 aliphatic heterocycles. The molecule has 2 N–H and O–H groups in total. The van der Waals surface area contributed by atoms with E-state index in [9.17, 15) is 19.5 Å². The molecule has 0 radical (unpaired) electrons. The normalized spacial score (nSPS) is 17.9. The molecule has 4 rings (SSSR count). The average molecular weight is 436 g/mol. The van der Waals surface area contributed by atoms with Crippen LogP contribution in [0.5, 0.6) is 0 Å². The van der Waals surface area contributed by atoms with Gasteiger partial charge in [-0.15, -0.1) is 0 Å². The lowest BCUT2D eigenvalue weighted by Crippen LogP contribution is -2.36. The van der Waals surface area contributed by atoms with Gasteiger partial charge in [0.15, 0.2) is 5.78 Å². The molecule has 0 spiro atoms. The fraction of sp³-hybridized carbons (Fsp3) is 0.519. The molecule has 0 aromatic heterocycles. The van der Waals surface area contributed by atoms with Crippen LogP contribution in [0, 0.1) is 12.8 Å². The lowest BCUT2D eigenvalue weighted by Gasteiger charge is -2.24. The van der Waals surface area contributed by atoms with Crippen molar-refractivity contribution < 1.29 is 19.5 Å². The van der Waals surface area contributed by atoms with Crippen LogP contribution in [-0.4, -0.2) is 28.8 Å². The third-order valence-electron chi connectivity index (χ3n) is 7.28. The van der Waals surface area contributed by atoms with Crippen molar-refractivity contribution in [2.75, 3.05) is 0 Å². The molecule has 2 aromatic rings. The van der Waals surface area contributed by atoms with Crippen LogP contribution in [0.15, 0.2) is 24.3 Å². The maximum Gasteiger partial charge on any atom is 0.336 e. The summed E-state index contributed by atoms with van der Waals surface area (Å²) < 4.78 is 0. The zero-order chi connectivity index (χ0) is 22.7. The highest BCUT2D eigenvalue weighted by Gasteiger charge is 2.25. The highest BCUT2D eigenvalue weighted by molar-refractivity contribution is 6.20. The number of Topliss-reactive ketones (excluding diaryl/α,β-unsaturated/α-hetero) is 1. The summed E-state index contributed by atoms with van der Waals surface area (Å²) in [5, 5.41) is 14.0. The van der Waals surface area contributed by atoms with E-state index < -0.39 is 5.97 Å². The zero-order valence-corrected chi connectivity index (χ0v) is 18.9. The highest BCUT2D eigenvalue weighted by atomic mass is 16.4. The molecule has 1 amide bonds. The van der Waals surface area contributed by atoms with Gasteiger partial charge in [-0.25, -0.2) is 4.79 Å². The van der Waals surface area contributed by atoms with Gasteiger partial charge in [-0.2, -0.15) is 0 Å². The van der Waals surface area contributed by atoms with Crippen molar-refractivity contribution in [3.63, 3.8) is 0 Å². The lowest BCUT2D eigenvalue weighted by molar-refractivity contribution is 0.0698. The third-order valence-corrected chi connectivity index (χ3v) is 7.28. The summed E-state index contributed by atoms with van der Waals surface area (Å²) in [4.78, 5) is 38.6. The quantitative estimate of drug-likeness (QED) is 0.540. The van der Waals surface area contributed by atoms with Crippen molar-refractivity contribution in [2.24, 2.45) is 5.92 Å². The van der Waals surface area contributed by atoms with E-state index in [0.717, 1.165) is 56.9 Å². The van der Waals surface area contributed by atoms with Gasteiger partial charge >= 0.3 is 5.97 Å². The first-order valence-corrected chi connectivity index (χ1v) is 12.1. The Labute approximate surface area is 189 Å². The van der Waals surface area contributed by atoms with Gasteiger partial charge in [0, 0.05) is 29.0 Å². The molecule has 0 heterocycles. The van der Waals surface area contributed by atoms with Gasteiger partial charge in [0.25, 0.3) is 5.91 Å². The Morgan fingerprint density at radius 2 is 1.41 bits per heavy atom. The molecule has 0 saturated heterocycles. The summed E-state index contributed by atoms with van der Waals surface area (Å²) in [6.45, 7) is 1.88. The summed E-state index contributed by atoms with van der Waals surface area (Å²) in [7, 11) is 0. The van der Waals surface area contributed by atoms with Gasteiger partial charge in [0.2, 0.25) is 0 Å². The molecule has 0 atom stereocenters. The van der Waals surface area contributed by atoms with Crippen molar-refractivity contribution in [1.29, 1.82) is 0 Å². The first-order valence-electron chi connectivity index (χ1n) is 12.1. The van der Waals surface area contributed by atoms with Crippen LogP contribution >= 0.6 is 0 Å². The Kier molecular flexibility index (Phi) is 6.92. The summed E-state index contributed by atoms with van der Waals surface area (Å²) in [6, 6.07) is 6.84. The number of carbonyl (C=O) groups is 3. The molecule has 5 heteroatoms. The number of carboxylic acids is 1. The minimum absolute atomic E-state index is 0.0192. The van der Waals surface area contributed by atoms with Crippen molar-refractivity contribution in [2.45, 2.75) is 83.6 Å². The summed E-state index contributed by atoms with van der Waals surface area (Å²) in [6.07, 6.45) is 11.4. The van der Waals surface area contributed by atoms with Crippen LogP contribution in [-0.2, 0) is 0 Å². The van der Waals surface area contributed by atoms with E-state index in [1.165, 1.54) is 18.9 Å². The fourth-order valence-corrected chi connectivity index (χ4v) is 5.54. The second-order valence-corrected chi connectivity index (χ2v) is 9.59. The molecule has 2 aromatic carbocycles. The molecule has 2 fully saturated rings. The standard InChI is InChI=1S/C27H33NO4/c1-17-12-13-20(23(29)16-18-8-4-2-5-9-18)25-22(27(31)32)15-14-21(24(17)25)26(30)28-19-10-6-3-7-11-19/h12-15,18-19H,2-11,16H2,1H3,(H,28,30)(H,31,32). The molecule has 0 unspecified atom stereocenters. The Bertz CT molecular complexity index is 1030. The smallest absolute Gasteiger partial charge is 0.336 e. The Hall–Kier alpha value is -2.69. The van der Waals surface area contributed by atoms with Gasteiger partial charge in [0.05, 0.1) is 5.56 Å². The molecule has 2 aliphatic rings. The number of hydrogen-bond donors (Lipinski definition) is 2. The van der Waals surface area contributed by atoms with Crippen LogP contribution in [0.2, 0.25) is 0 Å². The first-order chi connectivity index (χ1) is 15.5. The van der Waals surface area contributed by atoms with E-state index in [2.05, 4.69) is 5.32 Å². The Morgan fingerprint density at radius 1 is 0.812 bits per heavy atom. The number of fused-ring (bicyclic) bond motifs is 1. The molecular weight excluding hydrogens is 402 g/mol. The van der Waals surface area contributed by atoms with Crippen molar-refractivity contribution in [3.05, 3.63) is 46.5 Å². The van der Waals surface area contributed by atoms with Crippen LogP contribution in [0.3, 0.4) is 0 Å². The molecular formula is C27H33NO4. The van der Waals surface area contributed by atoms with Crippen LogP contribution in [0.25, 0.3) is 10.8 Å². The van der Waals surface area contributed by atoms with Crippen LogP contribution < -0.4 is 5.32 Å². The summed E-state index contributed by atoms with van der Waals surface area (Å²) in [5.41, 5.74) is 1.79. The Balaban J connectivity index is 1.75. The first kappa shape index (κ1) is 22.5. The molecule has 32 heavy (non-hydrogen) atoms. The van der Waals surface area contributed by atoms with E-state index in [1.54, 1.807) is 12.1 Å². The number of carbonyl (C=O) groups excluding carboxylic acids is 2. The van der Waals surface area contributed by atoms with Gasteiger partial charge in [0.1, 0.15) is 0 Å². The van der Waals surface area contributed by atoms with Gasteiger partial charge < -0.3 is 10.4 Å². The highest BCUT2D eigenvalue weighted by Crippen LogP contribution is 2.33. The number of ketones is 1. The van der Waals surface area contributed by atoms with Gasteiger partial charge in [-0.1, -0.05) is 63.5 Å². The lowest BCUT2D eigenvalue weighted by atomic mass is 9.83. The number of amides is 1. The van der Waals surface area contributed by atoms with Crippen molar-refractivity contribution in [1.82, 2.24) is 5.32 Å². The van der Waals surface area contributed by atoms with E-state index in [4.69, 9.17) is 0 Å². The average Bonchev–Trinajstić information content (AvgIpc) is 2.79. The molecule has 2 aliphatic carbocycles. The monoisotopic (exact) mass is 435 g/mol. The number of nitrogens with one attached hydrogen (secondary N) is 1. The summed E-state index contributed by atoms with van der Waals surface area (Å²) >= 11 is 0. The second kappa shape index (κ2) is 9.85. The number of aromatic carboxylic acids is 1. The number of aryl methyl sites for hydroxylation is 1. The fourth-order valence-electron chi connectivity index (χ4n) is 5.54. The Morgan fingerprint density at radius 3 is 2.06 bits per heavy atom.